The van der Waals surface area contributed by atoms with Crippen molar-refractivity contribution in [3.63, 3.8) is 0 Å². The molecule has 1 rings (SSSR count). The highest BCUT2D eigenvalue weighted by Crippen LogP contribution is 1.95. The lowest BCUT2D eigenvalue weighted by Gasteiger charge is -2.09. The van der Waals surface area contributed by atoms with E-state index in [0.717, 1.165) is 13.1 Å². The standard InChI is InChI=1S/C9H17N3O/c1-8(13-3)4-10-5-9-6-11-12(2)7-9/h6-8,10H,4-5H2,1-3H3. The lowest BCUT2D eigenvalue weighted by atomic mass is 10.3. The summed E-state index contributed by atoms with van der Waals surface area (Å²) in [6.07, 6.45) is 4.13. The molecule has 1 heterocycles. The molecule has 0 bridgehead atoms. The topological polar surface area (TPSA) is 39.1 Å². The molecule has 1 aromatic rings. The first-order valence-corrected chi connectivity index (χ1v) is 4.43. The Morgan fingerprint density at radius 1 is 1.69 bits per heavy atom. The van der Waals surface area contributed by atoms with Gasteiger partial charge in [0.25, 0.3) is 0 Å². The van der Waals surface area contributed by atoms with Crippen molar-refractivity contribution >= 4 is 0 Å². The van der Waals surface area contributed by atoms with E-state index in [2.05, 4.69) is 10.4 Å². The smallest absolute Gasteiger partial charge is 0.0667 e. The van der Waals surface area contributed by atoms with E-state index in [1.165, 1.54) is 5.56 Å². The first-order valence-electron chi connectivity index (χ1n) is 4.43. The Balaban J connectivity index is 2.20. The van der Waals surface area contributed by atoms with Gasteiger partial charge in [-0.05, 0) is 6.92 Å². The number of hydrogen-bond acceptors (Lipinski definition) is 3. The molecule has 1 unspecified atom stereocenters. The molecule has 0 saturated heterocycles. The van der Waals surface area contributed by atoms with E-state index in [0.29, 0.717) is 0 Å². The highest BCUT2D eigenvalue weighted by molar-refractivity contribution is 5.02. The van der Waals surface area contributed by atoms with Crippen molar-refractivity contribution < 1.29 is 4.74 Å². The van der Waals surface area contributed by atoms with E-state index in [9.17, 15) is 0 Å². The van der Waals surface area contributed by atoms with Gasteiger partial charge in [-0.3, -0.25) is 4.68 Å². The van der Waals surface area contributed by atoms with Crippen LogP contribution in [0.25, 0.3) is 0 Å². The van der Waals surface area contributed by atoms with Gasteiger partial charge in [0.2, 0.25) is 0 Å². The molecule has 0 aromatic carbocycles. The molecule has 74 valence electrons. The van der Waals surface area contributed by atoms with Gasteiger partial charge in [0.1, 0.15) is 0 Å². The molecule has 0 saturated carbocycles. The molecule has 0 aliphatic heterocycles. The van der Waals surface area contributed by atoms with Crippen molar-refractivity contribution in [2.45, 2.75) is 19.6 Å². The molecule has 4 heteroatoms. The van der Waals surface area contributed by atoms with E-state index in [1.807, 2.05) is 26.4 Å². The summed E-state index contributed by atoms with van der Waals surface area (Å²) in [5, 5.41) is 7.37. The van der Waals surface area contributed by atoms with Crippen LogP contribution in [0.5, 0.6) is 0 Å². The van der Waals surface area contributed by atoms with Gasteiger partial charge in [0.15, 0.2) is 0 Å². The first-order chi connectivity index (χ1) is 6.22. The average molecular weight is 183 g/mol. The third-order valence-corrected chi connectivity index (χ3v) is 1.92. The molecular formula is C9H17N3O. The van der Waals surface area contributed by atoms with Crippen molar-refractivity contribution in [1.29, 1.82) is 0 Å². The minimum Gasteiger partial charge on any atom is -0.380 e. The molecule has 4 nitrogen and oxygen atoms in total. The number of aromatic nitrogens is 2. The van der Waals surface area contributed by atoms with E-state index in [4.69, 9.17) is 4.74 Å². The zero-order valence-corrected chi connectivity index (χ0v) is 8.45. The normalized spacial score (nSPS) is 13.2. The fourth-order valence-electron chi connectivity index (χ4n) is 1.07. The Morgan fingerprint density at radius 2 is 2.46 bits per heavy atom. The molecule has 0 aliphatic carbocycles. The number of rotatable bonds is 5. The van der Waals surface area contributed by atoms with Gasteiger partial charge in [-0.15, -0.1) is 0 Å². The summed E-state index contributed by atoms with van der Waals surface area (Å²) < 4.78 is 6.91. The van der Waals surface area contributed by atoms with Gasteiger partial charge in [0.05, 0.1) is 12.3 Å². The van der Waals surface area contributed by atoms with Crippen LogP contribution in [-0.2, 0) is 18.3 Å². The van der Waals surface area contributed by atoms with Crippen LogP contribution in [0.4, 0.5) is 0 Å². The van der Waals surface area contributed by atoms with Gasteiger partial charge in [-0.1, -0.05) is 0 Å². The summed E-state index contributed by atoms with van der Waals surface area (Å²) in [7, 11) is 3.64. The maximum atomic E-state index is 5.11. The number of hydrogen-bond donors (Lipinski definition) is 1. The quantitative estimate of drug-likeness (QED) is 0.724. The van der Waals surface area contributed by atoms with Gasteiger partial charge in [0, 0.05) is 39.0 Å². The minimum absolute atomic E-state index is 0.261. The van der Waals surface area contributed by atoms with Crippen LogP contribution in [0.3, 0.4) is 0 Å². The van der Waals surface area contributed by atoms with Crippen molar-refractivity contribution in [1.82, 2.24) is 15.1 Å². The largest absolute Gasteiger partial charge is 0.380 e. The summed E-state index contributed by atoms with van der Waals surface area (Å²) >= 11 is 0. The van der Waals surface area contributed by atoms with E-state index in [-0.39, 0.29) is 6.10 Å². The fourth-order valence-corrected chi connectivity index (χ4v) is 1.07. The van der Waals surface area contributed by atoms with Gasteiger partial charge >= 0.3 is 0 Å². The average Bonchev–Trinajstić information content (AvgIpc) is 2.51. The molecule has 1 aromatic heterocycles. The van der Waals surface area contributed by atoms with Crippen molar-refractivity contribution in [2.75, 3.05) is 13.7 Å². The summed E-state index contributed by atoms with van der Waals surface area (Å²) in [6, 6.07) is 0. The van der Waals surface area contributed by atoms with Gasteiger partial charge < -0.3 is 10.1 Å². The molecule has 0 aliphatic rings. The monoisotopic (exact) mass is 183 g/mol. The second kappa shape index (κ2) is 4.99. The van der Waals surface area contributed by atoms with Crippen LogP contribution in [-0.4, -0.2) is 29.5 Å². The van der Waals surface area contributed by atoms with Crippen LogP contribution in [0.1, 0.15) is 12.5 Å². The van der Waals surface area contributed by atoms with Crippen molar-refractivity contribution in [3.05, 3.63) is 18.0 Å². The number of ether oxygens (including phenoxy) is 1. The van der Waals surface area contributed by atoms with E-state index >= 15 is 0 Å². The van der Waals surface area contributed by atoms with Crippen LogP contribution < -0.4 is 5.32 Å². The number of nitrogens with one attached hydrogen (secondary N) is 1. The second-order valence-corrected chi connectivity index (χ2v) is 3.20. The van der Waals surface area contributed by atoms with Crippen LogP contribution in [0.15, 0.2) is 12.4 Å². The number of methoxy groups -OCH3 is 1. The molecule has 0 radical (unpaired) electrons. The fraction of sp³-hybridized carbons (Fsp3) is 0.667. The molecular weight excluding hydrogens is 166 g/mol. The summed E-state index contributed by atoms with van der Waals surface area (Å²) in [5.41, 5.74) is 1.20. The van der Waals surface area contributed by atoms with E-state index < -0.39 is 0 Å². The molecule has 13 heavy (non-hydrogen) atoms. The van der Waals surface area contributed by atoms with Crippen LogP contribution >= 0.6 is 0 Å². The Morgan fingerprint density at radius 3 is 3.00 bits per heavy atom. The lowest BCUT2D eigenvalue weighted by Crippen LogP contribution is -2.25. The Labute approximate surface area is 78.9 Å². The highest BCUT2D eigenvalue weighted by Gasteiger charge is 1.99. The molecule has 1 atom stereocenters. The zero-order chi connectivity index (χ0) is 9.68. The maximum absolute atomic E-state index is 5.11. The van der Waals surface area contributed by atoms with Crippen LogP contribution in [0, 0.1) is 0 Å². The second-order valence-electron chi connectivity index (χ2n) is 3.20. The Kier molecular flexibility index (Phi) is 3.92. The molecule has 0 spiro atoms. The highest BCUT2D eigenvalue weighted by atomic mass is 16.5. The summed E-state index contributed by atoms with van der Waals surface area (Å²) in [6.45, 7) is 3.75. The minimum atomic E-state index is 0.261. The third kappa shape index (κ3) is 3.57. The van der Waals surface area contributed by atoms with Crippen LogP contribution in [0.2, 0.25) is 0 Å². The number of nitrogens with zero attached hydrogens (tertiary/aromatic N) is 2. The Bertz CT molecular complexity index is 247. The van der Waals surface area contributed by atoms with Crippen molar-refractivity contribution in [2.24, 2.45) is 7.05 Å². The first kappa shape index (κ1) is 10.2. The molecule has 0 fully saturated rings. The maximum Gasteiger partial charge on any atom is 0.0667 e. The third-order valence-electron chi connectivity index (χ3n) is 1.92. The molecule has 1 N–H and O–H groups in total. The zero-order valence-electron chi connectivity index (χ0n) is 8.45. The van der Waals surface area contributed by atoms with Gasteiger partial charge in [-0.25, -0.2) is 0 Å². The number of aryl methyl sites for hydroxylation is 1. The van der Waals surface area contributed by atoms with E-state index in [1.54, 1.807) is 11.8 Å². The summed E-state index contributed by atoms with van der Waals surface area (Å²) in [4.78, 5) is 0. The Hall–Kier alpha value is -0.870. The summed E-state index contributed by atoms with van der Waals surface area (Å²) in [5.74, 6) is 0. The predicted octanol–water partition coefficient (Wildman–Crippen LogP) is 0.545. The SMILES string of the molecule is COC(C)CNCc1cnn(C)c1. The van der Waals surface area contributed by atoms with Crippen molar-refractivity contribution in [3.8, 4) is 0 Å². The van der Waals surface area contributed by atoms with Gasteiger partial charge in [-0.2, -0.15) is 5.10 Å². The predicted molar refractivity (Wildman–Crippen MR) is 51.4 cm³/mol. The lowest BCUT2D eigenvalue weighted by molar-refractivity contribution is 0.117. The molecule has 0 amide bonds.